The second-order valence-corrected chi connectivity index (χ2v) is 7.31. The average Bonchev–Trinajstić information content (AvgIpc) is 3.13. The van der Waals surface area contributed by atoms with E-state index in [0.717, 1.165) is 13.1 Å². The van der Waals surface area contributed by atoms with E-state index in [1.807, 2.05) is 24.8 Å². The van der Waals surface area contributed by atoms with Crippen LogP contribution in [0, 0.1) is 5.41 Å². The summed E-state index contributed by atoms with van der Waals surface area (Å²) in [6.07, 6.45) is 12.4. The summed E-state index contributed by atoms with van der Waals surface area (Å²) in [6, 6.07) is 4.21. The summed E-state index contributed by atoms with van der Waals surface area (Å²) in [5.74, 6) is 1.67. The SMILES string of the molecule is Cn1cnnc1C1CN(Cc2cccnc2)CC12CCCCC2. The lowest BCUT2D eigenvalue weighted by Gasteiger charge is -2.37. The molecule has 1 unspecified atom stereocenters. The van der Waals surface area contributed by atoms with Crippen molar-refractivity contribution in [2.45, 2.75) is 44.6 Å². The van der Waals surface area contributed by atoms with Gasteiger partial charge in [-0.3, -0.25) is 9.88 Å². The predicted octanol–water partition coefficient (Wildman–Crippen LogP) is 2.76. The van der Waals surface area contributed by atoms with Gasteiger partial charge in [-0.15, -0.1) is 10.2 Å². The van der Waals surface area contributed by atoms with Crippen LogP contribution in [0.2, 0.25) is 0 Å². The summed E-state index contributed by atoms with van der Waals surface area (Å²) >= 11 is 0. The Balaban J connectivity index is 1.60. The largest absolute Gasteiger partial charge is 0.320 e. The molecule has 5 heteroatoms. The van der Waals surface area contributed by atoms with Gasteiger partial charge in [0.25, 0.3) is 0 Å². The Bertz CT molecular complexity index is 644. The number of nitrogens with zero attached hydrogens (tertiary/aromatic N) is 5. The number of hydrogen-bond donors (Lipinski definition) is 0. The Morgan fingerprint density at radius 1 is 1.26 bits per heavy atom. The first-order valence-electron chi connectivity index (χ1n) is 8.72. The third kappa shape index (κ3) is 2.78. The molecule has 2 aliphatic rings. The topological polar surface area (TPSA) is 46.8 Å². The van der Waals surface area contributed by atoms with Crippen molar-refractivity contribution in [3.8, 4) is 0 Å². The second kappa shape index (κ2) is 6.04. The Kier molecular flexibility index (Phi) is 3.89. The van der Waals surface area contributed by atoms with Gasteiger partial charge >= 0.3 is 0 Å². The highest BCUT2D eigenvalue weighted by Gasteiger charge is 2.48. The van der Waals surface area contributed by atoms with Crippen LogP contribution in [0.5, 0.6) is 0 Å². The van der Waals surface area contributed by atoms with E-state index < -0.39 is 0 Å². The van der Waals surface area contributed by atoms with Crippen molar-refractivity contribution in [3.05, 3.63) is 42.2 Å². The number of likely N-dealkylation sites (tertiary alicyclic amines) is 1. The van der Waals surface area contributed by atoms with Gasteiger partial charge in [-0.05, 0) is 29.9 Å². The molecule has 5 nitrogen and oxygen atoms in total. The lowest BCUT2D eigenvalue weighted by atomic mass is 9.67. The van der Waals surface area contributed by atoms with E-state index in [1.165, 1.54) is 50.0 Å². The van der Waals surface area contributed by atoms with Gasteiger partial charge in [-0.25, -0.2) is 0 Å². The van der Waals surface area contributed by atoms with Gasteiger partial charge in [0.05, 0.1) is 0 Å². The van der Waals surface area contributed by atoms with Crippen molar-refractivity contribution in [3.63, 3.8) is 0 Å². The second-order valence-electron chi connectivity index (χ2n) is 7.31. The standard InChI is InChI=1S/C18H25N5/c1-22-14-20-21-17(22)16-12-23(11-15-6-5-9-19-10-15)13-18(16)7-3-2-4-8-18/h5-6,9-10,14,16H,2-4,7-8,11-13H2,1H3. The molecule has 3 heterocycles. The van der Waals surface area contributed by atoms with Crippen molar-refractivity contribution in [2.75, 3.05) is 13.1 Å². The van der Waals surface area contributed by atoms with E-state index in [9.17, 15) is 0 Å². The van der Waals surface area contributed by atoms with E-state index in [4.69, 9.17) is 0 Å². The fourth-order valence-corrected chi connectivity index (χ4v) is 4.67. The lowest BCUT2D eigenvalue weighted by molar-refractivity contribution is 0.164. The fourth-order valence-electron chi connectivity index (χ4n) is 4.67. The fraction of sp³-hybridized carbons (Fsp3) is 0.611. The first kappa shape index (κ1) is 14.8. The van der Waals surface area contributed by atoms with Gasteiger partial charge in [0.2, 0.25) is 0 Å². The molecule has 1 aliphatic heterocycles. The molecule has 23 heavy (non-hydrogen) atoms. The molecule has 0 N–H and O–H groups in total. The first-order valence-corrected chi connectivity index (χ1v) is 8.72. The summed E-state index contributed by atoms with van der Waals surface area (Å²) in [5, 5.41) is 8.60. The molecule has 2 aromatic heterocycles. The molecule has 1 aliphatic carbocycles. The number of rotatable bonds is 3. The Morgan fingerprint density at radius 2 is 2.13 bits per heavy atom. The molecule has 1 spiro atoms. The van der Waals surface area contributed by atoms with Gasteiger partial charge in [-0.1, -0.05) is 25.3 Å². The van der Waals surface area contributed by atoms with Crippen LogP contribution in [0.4, 0.5) is 0 Å². The molecule has 1 saturated carbocycles. The average molecular weight is 311 g/mol. The van der Waals surface area contributed by atoms with E-state index in [2.05, 4.69) is 37.8 Å². The van der Waals surface area contributed by atoms with Crippen LogP contribution < -0.4 is 0 Å². The monoisotopic (exact) mass is 311 g/mol. The van der Waals surface area contributed by atoms with Crippen LogP contribution in [0.25, 0.3) is 0 Å². The Labute approximate surface area is 137 Å². The molecule has 1 saturated heterocycles. The van der Waals surface area contributed by atoms with Gasteiger partial charge in [0.1, 0.15) is 12.2 Å². The summed E-state index contributed by atoms with van der Waals surface area (Å²) < 4.78 is 2.12. The molecule has 2 aromatic rings. The first-order chi connectivity index (χ1) is 11.3. The van der Waals surface area contributed by atoms with E-state index >= 15 is 0 Å². The van der Waals surface area contributed by atoms with Crippen LogP contribution in [0.15, 0.2) is 30.9 Å². The molecule has 0 radical (unpaired) electrons. The molecule has 1 atom stereocenters. The minimum Gasteiger partial charge on any atom is -0.320 e. The molecule has 4 rings (SSSR count). The maximum absolute atomic E-state index is 4.46. The Morgan fingerprint density at radius 3 is 2.83 bits per heavy atom. The zero-order chi connectivity index (χ0) is 15.7. The van der Waals surface area contributed by atoms with Crippen molar-refractivity contribution < 1.29 is 0 Å². The molecular weight excluding hydrogens is 286 g/mol. The minimum absolute atomic E-state index is 0.390. The van der Waals surface area contributed by atoms with Crippen LogP contribution in [0.1, 0.15) is 49.4 Å². The third-order valence-corrected chi connectivity index (χ3v) is 5.75. The van der Waals surface area contributed by atoms with Gasteiger partial charge in [0, 0.05) is 45.0 Å². The molecule has 0 bridgehead atoms. The number of pyridine rings is 1. The summed E-state index contributed by atoms with van der Waals surface area (Å²) in [6.45, 7) is 3.25. The lowest BCUT2D eigenvalue weighted by Crippen LogP contribution is -2.33. The summed E-state index contributed by atoms with van der Waals surface area (Å²) in [7, 11) is 2.08. The third-order valence-electron chi connectivity index (χ3n) is 5.75. The van der Waals surface area contributed by atoms with Crippen LogP contribution in [0.3, 0.4) is 0 Å². The number of aromatic nitrogens is 4. The maximum Gasteiger partial charge on any atom is 0.137 e. The summed E-state index contributed by atoms with van der Waals surface area (Å²) in [4.78, 5) is 6.86. The zero-order valence-electron chi connectivity index (χ0n) is 13.9. The van der Waals surface area contributed by atoms with Crippen molar-refractivity contribution in [1.82, 2.24) is 24.6 Å². The smallest absolute Gasteiger partial charge is 0.137 e. The van der Waals surface area contributed by atoms with Gasteiger partial charge < -0.3 is 4.57 Å². The van der Waals surface area contributed by atoms with Crippen LogP contribution >= 0.6 is 0 Å². The van der Waals surface area contributed by atoms with Crippen LogP contribution in [-0.4, -0.2) is 37.7 Å². The van der Waals surface area contributed by atoms with E-state index in [1.54, 1.807) is 0 Å². The highest BCUT2D eigenvalue weighted by atomic mass is 15.3. The normalized spacial score (nSPS) is 24.3. The molecule has 2 fully saturated rings. The minimum atomic E-state index is 0.390. The maximum atomic E-state index is 4.46. The van der Waals surface area contributed by atoms with Crippen molar-refractivity contribution in [1.29, 1.82) is 0 Å². The molecule has 122 valence electrons. The van der Waals surface area contributed by atoms with Gasteiger partial charge in [0.15, 0.2) is 0 Å². The van der Waals surface area contributed by atoms with Gasteiger partial charge in [-0.2, -0.15) is 0 Å². The molecule has 0 aromatic carbocycles. The highest BCUT2D eigenvalue weighted by Crippen LogP contribution is 2.51. The van der Waals surface area contributed by atoms with Crippen LogP contribution in [-0.2, 0) is 13.6 Å². The van der Waals surface area contributed by atoms with E-state index in [-0.39, 0.29) is 0 Å². The highest BCUT2D eigenvalue weighted by molar-refractivity contribution is 5.15. The molecular formula is C18H25N5. The predicted molar refractivity (Wildman–Crippen MR) is 88.8 cm³/mol. The Hall–Kier alpha value is -1.75. The van der Waals surface area contributed by atoms with Crippen molar-refractivity contribution in [2.24, 2.45) is 12.5 Å². The molecule has 0 amide bonds. The number of hydrogen-bond acceptors (Lipinski definition) is 4. The zero-order valence-corrected chi connectivity index (χ0v) is 13.9. The summed E-state index contributed by atoms with van der Waals surface area (Å²) in [5.41, 5.74) is 1.69. The number of aryl methyl sites for hydroxylation is 1. The quantitative estimate of drug-likeness (QED) is 0.874. The van der Waals surface area contributed by atoms with E-state index in [0.29, 0.717) is 11.3 Å². The van der Waals surface area contributed by atoms with Crippen molar-refractivity contribution >= 4 is 0 Å².